The SMILES string of the molecule is CC(=O)O[C@H]1CCC23C(CCC[C@]2(CC[C@@]2(C)C(C)CC4OC(C(F)(F)F)=CCC42)[C@@H]3C)C1(C)C. The summed E-state index contributed by atoms with van der Waals surface area (Å²) in [7, 11) is 0. The van der Waals surface area contributed by atoms with Gasteiger partial charge in [-0.25, -0.2) is 0 Å². The number of allylic oxidation sites excluding steroid dienone is 2. The number of halogens is 3. The molecule has 0 N–H and O–H groups in total. The fraction of sp³-hybridized carbons (Fsp3) is 0.897. The molecule has 0 saturated heterocycles. The summed E-state index contributed by atoms with van der Waals surface area (Å²) in [6.07, 6.45) is 5.69. The molecule has 3 nitrogen and oxygen atoms in total. The van der Waals surface area contributed by atoms with Gasteiger partial charge < -0.3 is 9.47 Å². The van der Waals surface area contributed by atoms with Gasteiger partial charge in [-0.3, -0.25) is 4.79 Å². The van der Waals surface area contributed by atoms with Crippen LogP contribution < -0.4 is 0 Å². The molecule has 0 amide bonds. The maximum atomic E-state index is 13.3. The molecule has 5 aliphatic rings. The van der Waals surface area contributed by atoms with E-state index in [1.165, 1.54) is 32.3 Å². The summed E-state index contributed by atoms with van der Waals surface area (Å²) < 4.78 is 51.2. The van der Waals surface area contributed by atoms with Gasteiger partial charge in [0, 0.05) is 18.3 Å². The topological polar surface area (TPSA) is 35.5 Å². The Hall–Kier alpha value is -1.20. The Balaban J connectivity index is 1.35. The molecule has 4 fully saturated rings. The molecule has 0 aromatic heterocycles. The molecular formula is C29H43F3O3. The highest BCUT2D eigenvalue weighted by Gasteiger charge is 2.79. The lowest BCUT2D eigenvalue weighted by atomic mass is 9.53. The van der Waals surface area contributed by atoms with Gasteiger partial charge in [-0.15, -0.1) is 0 Å². The lowest BCUT2D eigenvalue weighted by molar-refractivity contribution is -0.167. The summed E-state index contributed by atoms with van der Waals surface area (Å²) in [6.45, 7) is 13.1. The van der Waals surface area contributed by atoms with Crippen LogP contribution in [-0.2, 0) is 14.3 Å². The predicted molar refractivity (Wildman–Crippen MR) is 128 cm³/mol. The molecule has 0 radical (unpaired) electrons. The summed E-state index contributed by atoms with van der Waals surface area (Å²) in [5.74, 6) is 0.727. The molecule has 1 heterocycles. The molecule has 4 saturated carbocycles. The standard InChI is InChI=1S/C29H43F3O3/c1-17-16-21-20(9-10-24(35-21)29(30,31)32)26(17,6)14-15-27-12-7-8-22-25(4,5)23(34-19(3)33)11-13-28(22,27)18(27)2/h10,17-18,20-23H,7-9,11-16H2,1-6H3/t17?,18-,20?,21?,22?,23-,26-,27-,28?/m0/s1. The van der Waals surface area contributed by atoms with Crippen molar-refractivity contribution in [2.24, 2.45) is 45.3 Å². The van der Waals surface area contributed by atoms with Gasteiger partial charge in [-0.1, -0.05) is 41.0 Å². The Morgan fingerprint density at radius 3 is 2.51 bits per heavy atom. The van der Waals surface area contributed by atoms with Crippen LogP contribution in [0.2, 0.25) is 0 Å². The average molecular weight is 497 g/mol. The van der Waals surface area contributed by atoms with E-state index in [9.17, 15) is 18.0 Å². The van der Waals surface area contributed by atoms with Gasteiger partial charge >= 0.3 is 12.1 Å². The zero-order valence-corrected chi connectivity index (χ0v) is 22.3. The Bertz CT molecular complexity index is 909. The molecule has 9 atom stereocenters. The molecule has 5 unspecified atom stereocenters. The van der Waals surface area contributed by atoms with Crippen molar-refractivity contribution in [3.8, 4) is 0 Å². The molecule has 1 aliphatic heterocycles. The van der Waals surface area contributed by atoms with E-state index < -0.39 is 11.9 Å². The number of carbonyl (C=O) groups excluding carboxylic acids is 1. The van der Waals surface area contributed by atoms with Crippen LogP contribution >= 0.6 is 0 Å². The van der Waals surface area contributed by atoms with E-state index >= 15 is 0 Å². The minimum absolute atomic E-state index is 0.00600. The van der Waals surface area contributed by atoms with Gasteiger partial charge in [0.05, 0.1) is 0 Å². The van der Waals surface area contributed by atoms with Gasteiger partial charge in [0.25, 0.3) is 0 Å². The van der Waals surface area contributed by atoms with Crippen LogP contribution in [0.3, 0.4) is 0 Å². The van der Waals surface area contributed by atoms with Crippen molar-refractivity contribution in [3.05, 3.63) is 11.8 Å². The second-order valence-corrected chi connectivity index (χ2v) is 13.5. The highest BCUT2D eigenvalue weighted by atomic mass is 19.4. The van der Waals surface area contributed by atoms with E-state index in [1.54, 1.807) is 0 Å². The first-order valence-corrected chi connectivity index (χ1v) is 13.8. The monoisotopic (exact) mass is 496 g/mol. The van der Waals surface area contributed by atoms with Crippen molar-refractivity contribution in [1.82, 2.24) is 0 Å². The number of hydrogen-bond donors (Lipinski definition) is 0. The molecule has 35 heavy (non-hydrogen) atoms. The summed E-state index contributed by atoms with van der Waals surface area (Å²) in [6, 6.07) is 0. The predicted octanol–water partition coefficient (Wildman–Crippen LogP) is 7.84. The van der Waals surface area contributed by atoms with Crippen molar-refractivity contribution in [2.45, 2.75) is 118 Å². The first-order chi connectivity index (χ1) is 16.2. The molecule has 0 aromatic rings. The molecule has 6 heteroatoms. The van der Waals surface area contributed by atoms with Crippen LogP contribution in [0.4, 0.5) is 13.2 Å². The summed E-state index contributed by atoms with van der Waals surface area (Å²) >= 11 is 0. The van der Waals surface area contributed by atoms with Crippen molar-refractivity contribution >= 4 is 5.97 Å². The zero-order chi connectivity index (χ0) is 25.6. The third-order valence-corrected chi connectivity index (χ3v) is 12.3. The number of alkyl halides is 3. The summed E-state index contributed by atoms with van der Waals surface area (Å²) in [4.78, 5) is 11.8. The number of rotatable bonds is 4. The Morgan fingerprint density at radius 1 is 1.14 bits per heavy atom. The van der Waals surface area contributed by atoms with Crippen molar-refractivity contribution in [1.29, 1.82) is 0 Å². The van der Waals surface area contributed by atoms with Gasteiger partial charge in [0.1, 0.15) is 12.2 Å². The second kappa shape index (κ2) is 7.90. The third kappa shape index (κ3) is 3.46. The Morgan fingerprint density at radius 2 is 1.86 bits per heavy atom. The highest BCUT2D eigenvalue weighted by molar-refractivity contribution is 5.66. The molecule has 0 bridgehead atoms. The van der Waals surface area contributed by atoms with Gasteiger partial charge in [-0.2, -0.15) is 13.2 Å². The van der Waals surface area contributed by atoms with E-state index in [4.69, 9.17) is 9.47 Å². The van der Waals surface area contributed by atoms with E-state index in [0.717, 1.165) is 25.7 Å². The van der Waals surface area contributed by atoms with Gasteiger partial charge in [0.2, 0.25) is 0 Å². The van der Waals surface area contributed by atoms with Crippen molar-refractivity contribution < 1.29 is 27.4 Å². The van der Waals surface area contributed by atoms with Crippen molar-refractivity contribution in [2.75, 3.05) is 0 Å². The Labute approximate surface area is 208 Å². The maximum Gasteiger partial charge on any atom is 0.448 e. The second-order valence-electron chi connectivity index (χ2n) is 13.5. The highest BCUT2D eigenvalue weighted by Crippen LogP contribution is 2.85. The summed E-state index contributed by atoms with van der Waals surface area (Å²) in [5, 5.41) is 0. The fourth-order valence-corrected chi connectivity index (χ4v) is 10.2. The number of ether oxygens (including phenoxy) is 2. The van der Waals surface area contributed by atoms with Crippen LogP contribution in [-0.4, -0.2) is 24.4 Å². The van der Waals surface area contributed by atoms with E-state index in [2.05, 4.69) is 34.6 Å². The van der Waals surface area contributed by atoms with Crippen molar-refractivity contribution in [3.63, 3.8) is 0 Å². The molecule has 0 aromatic carbocycles. The first-order valence-electron chi connectivity index (χ1n) is 13.8. The molecular weight excluding hydrogens is 453 g/mol. The molecule has 4 aliphatic carbocycles. The average Bonchev–Trinajstić information content (AvgIpc) is 3.19. The zero-order valence-electron chi connectivity index (χ0n) is 22.3. The quantitative estimate of drug-likeness (QED) is 0.372. The van der Waals surface area contributed by atoms with Crippen LogP contribution in [0, 0.1) is 45.3 Å². The van der Waals surface area contributed by atoms with E-state index in [-0.39, 0.29) is 34.9 Å². The van der Waals surface area contributed by atoms with Crippen LogP contribution in [0.5, 0.6) is 0 Å². The van der Waals surface area contributed by atoms with E-state index in [1.807, 2.05) is 0 Å². The largest absolute Gasteiger partial charge is 0.486 e. The Kier molecular flexibility index (Phi) is 5.74. The summed E-state index contributed by atoms with van der Waals surface area (Å²) in [5.41, 5.74) is 0.590. The van der Waals surface area contributed by atoms with Gasteiger partial charge in [0.15, 0.2) is 5.76 Å². The fourth-order valence-electron chi connectivity index (χ4n) is 10.2. The molecule has 1 spiro atoms. The first kappa shape index (κ1) is 25.4. The lowest BCUT2D eigenvalue weighted by Gasteiger charge is -2.53. The minimum Gasteiger partial charge on any atom is -0.486 e. The molecule has 198 valence electrons. The smallest absolute Gasteiger partial charge is 0.448 e. The van der Waals surface area contributed by atoms with Gasteiger partial charge in [-0.05, 0) is 91.4 Å². The number of hydrogen-bond acceptors (Lipinski definition) is 3. The lowest BCUT2D eigenvalue weighted by Crippen LogP contribution is -2.50. The number of carbonyl (C=O) groups is 1. The van der Waals surface area contributed by atoms with Crippen LogP contribution in [0.25, 0.3) is 0 Å². The van der Waals surface area contributed by atoms with E-state index in [0.29, 0.717) is 41.4 Å². The minimum atomic E-state index is -4.39. The number of fused-ring (bicyclic) bond motifs is 1. The van der Waals surface area contributed by atoms with Crippen LogP contribution in [0.1, 0.15) is 99.3 Å². The normalized spacial score (nSPS) is 48.1. The van der Waals surface area contributed by atoms with Crippen LogP contribution in [0.15, 0.2) is 11.8 Å². The number of esters is 1. The molecule has 5 rings (SSSR count). The third-order valence-electron chi connectivity index (χ3n) is 12.3. The maximum absolute atomic E-state index is 13.3.